The monoisotopic (exact) mass is 199 g/mol. The van der Waals surface area contributed by atoms with Gasteiger partial charge in [-0.2, -0.15) is 5.48 Å². The number of nitrogens with one attached hydrogen (secondary N) is 1. The van der Waals surface area contributed by atoms with E-state index in [9.17, 15) is 0 Å². The highest BCUT2D eigenvalue weighted by Crippen LogP contribution is 2.33. The summed E-state index contributed by atoms with van der Waals surface area (Å²) in [7, 11) is 0. The van der Waals surface area contributed by atoms with Crippen LogP contribution in [0.4, 0.5) is 0 Å². The molecule has 2 aromatic heterocycles. The summed E-state index contributed by atoms with van der Waals surface area (Å²) in [5, 5.41) is 12.1. The predicted molar refractivity (Wildman–Crippen MR) is 53.0 cm³/mol. The number of thiophene rings is 2. The fraction of sp³-hybridized carbons (Fsp3) is 0.250. The molecule has 2 N–H and O–H groups in total. The van der Waals surface area contributed by atoms with Crippen molar-refractivity contribution in [1.82, 2.24) is 5.48 Å². The lowest BCUT2D eigenvalue weighted by Crippen LogP contribution is -2.11. The predicted octanol–water partition coefficient (Wildman–Crippen LogP) is 3.00. The first-order valence-electron chi connectivity index (χ1n) is 3.68. The standard InChI is InChI=1S/C8H9NOS2/c1-5(9-10)7-4-6-2-3-11-8(6)12-7/h2-5,9-10H,1H3. The maximum absolute atomic E-state index is 8.71. The Bertz CT molecular complexity index is 350. The number of rotatable bonds is 2. The first-order chi connectivity index (χ1) is 5.81. The van der Waals surface area contributed by atoms with Gasteiger partial charge in [-0.05, 0) is 24.4 Å². The molecule has 0 aromatic carbocycles. The van der Waals surface area contributed by atoms with Crippen molar-refractivity contribution in [1.29, 1.82) is 0 Å². The zero-order valence-corrected chi connectivity index (χ0v) is 8.21. The summed E-state index contributed by atoms with van der Waals surface area (Å²) >= 11 is 3.48. The van der Waals surface area contributed by atoms with Crippen LogP contribution >= 0.6 is 22.7 Å². The van der Waals surface area contributed by atoms with Crippen molar-refractivity contribution in [3.63, 3.8) is 0 Å². The molecule has 0 aliphatic rings. The van der Waals surface area contributed by atoms with E-state index in [4.69, 9.17) is 5.21 Å². The van der Waals surface area contributed by atoms with Crippen LogP contribution in [0, 0.1) is 0 Å². The Balaban J connectivity index is 2.44. The van der Waals surface area contributed by atoms with Crippen molar-refractivity contribution < 1.29 is 5.21 Å². The van der Waals surface area contributed by atoms with Gasteiger partial charge in [-0.3, -0.25) is 0 Å². The number of fused-ring (bicyclic) bond motifs is 1. The Morgan fingerprint density at radius 3 is 3.08 bits per heavy atom. The van der Waals surface area contributed by atoms with E-state index in [1.54, 1.807) is 22.7 Å². The number of hydroxylamine groups is 1. The van der Waals surface area contributed by atoms with E-state index < -0.39 is 0 Å². The summed E-state index contributed by atoms with van der Waals surface area (Å²) in [5.41, 5.74) is 2.25. The minimum Gasteiger partial charge on any atom is -0.316 e. The summed E-state index contributed by atoms with van der Waals surface area (Å²) in [4.78, 5) is 1.18. The van der Waals surface area contributed by atoms with Gasteiger partial charge >= 0.3 is 0 Å². The molecule has 0 radical (unpaired) electrons. The van der Waals surface area contributed by atoms with Crippen molar-refractivity contribution in [2.24, 2.45) is 0 Å². The van der Waals surface area contributed by atoms with E-state index >= 15 is 0 Å². The molecule has 1 atom stereocenters. The lowest BCUT2D eigenvalue weighted by atomic mass is 10.3. The molecule has 4 heteroatoms. The molecule has 2 aromatic rings. The van der Waals surface area contributed by atoms with Crippen molar-refractivity contribution >= 4 is 32.1 Å². The number of hydrogen-bond donors (Lipinski definition) is 2. The van der Waals surface area contributed by atoms with E-state index in [0.29, 0.717) is 0 Å². The van der Waals surface area contributed by atoms with E-state index in [2.05, 4.69) is 23.0 Å². The quantitative estimate of drug-likeness (QED) is 0.729. The first kappa shape index (κ1) is 8.19. The summed E-state index contributed by atoms with van der Waals surface area (Å²) in [6, 6.07) is 4.25. The van der Waals surface area contributed by atoms with E-state index in [1.165, 1.54) is 14.3 Å². The summed E-state index contributed by atoms with van der Waals surface area (Å²) in [5.74, 6) is 0. The molecule has 0 saturated carbocycles. The Kier molecular flexibility index (Phi) is 2.14. The van der Waals surface area contributed by atoms with E-state index in [0.717, 1.165) is 0 Å². The smallest absolute Gasteiger partial charge is 0.0868 e. The molecule has 0 amide bonds. The molecule has 0 saturated heterocycles. The van der Waals surface area contributed by atoms with Crippen molar-refractivity contribution in [2.45, 2.75) is 13.0 Å². The molecule has 0 fully saturated rings. The maximum Gasteiger partial charge on any atom is 0.0868 e. The zero-order valence-electron chi connectivity index (χ0n) is 6.57. The minimum absolute atomic E-state index is 0.0367. The highest BCUT2D eigenvalue weighted by molar-refractivity contribution is 7.37. The largest absolute Gasteiger partial charge is 0.316 e. The highest BCUT2D eigenvalue weighted by Gasteiger charge is 2.08. The Hall–Kier alpha value is -0.420. The van der Waals surface area contributed by atoms with Gasteiger partial charge in [0.25, 0.3) is 0 Å². The fourth-order valence-electron chi connectivity index (χ4n) is 1.06. The highest BCUT2D eigenvalue weighted by atomic mass is 32.2. The second-order valence-electron chi connectivity index (χ2n) is 2.66. The minimum atomic E-state index is 0.0367. The lowest BCUT2D eigenvalue weighted by Gasteiger charge is -2.03. The van der Waals surface area contributed by atoms with Crippen molar-refractivity contribution in [2.75, 3.05) is 0 Å². The van der Waals surface area contributed by atoms with Gasteiger partial charge in [0.05, 0.1) is 10.1 Å². The average Bonchev–Trinajstić information content (AvgIpc) is 2.60. The molecule has 2 heterocycles. The molecule has 64 valence electrons. The molecular weight excluding hydrogens is 190 g/mol. The third-order valence-electron chi connectivity index (χ3n) is 1.79. The lowest BCUT2D eigenvalue weighted by molar-refractivity contribution is 0.135. The van der Waals surface area contributed by atoms with Gasteiger partial charge < -0.3 is 5.21 Å². The van der Waals surface area contributed by atoms with Crippen LogP contribution < -0.4 is 5.48 Å². The fourth-order valence-corrected chi connectivity index (χ4v) is 3.19. The molecule has 0 aliphatic heterocycles. The molecular formula is C8H9NOS2. The molecule has 2 rings (SSSR count). The first-order valence-corrected chi connectivity index (χ1v) is 5.37. The molecule has 0 spiro atoms. The Labute approximate surface area is 78.4 Å². The average molecular weight is 199 g/mol. The van der Waals surface area contributed by atoms with Gasteiger partial charge in [-0.25, -0.2) is 0 Å². The van der Waals surface area contributed by atoms with Gasteiger partial charge in [0, 0.05) is 10.3 Å². The normalized spacial score (nSPS) is 13.8. The van der Waals surface area contributed by atoms with E-state index in [1.807, 2.05) is 6.92 Å². The summed E-state index contributed by atoms with van der Waals surface area (Å²) in [6.45, 7) is 1.94. The summed E-state index contributed by atoms with van der Waals surface area (Å²) in [6.07, 6.45) is 0. The molecule has 2 nitrogen and oxygen atoms in total. The maximum atomic E-state index is 8.71. The second kappa shape index (κ2) is 3.14. The molecule has 12 heavy (non-hydrogen) atoms. The molecule has 1 unspecified atom stereocenters. The Morgan fingerprint density at radius 2 is 2.42 bits per heavy atom. The van der Waals surface area contributed by atoms with Gasteiger partial charge in [-0.15, -0.1) is 22.7 Å². The Morgan fingerprint density at radius 1 is 1.58 bits per heavy atom. The summed E-state index contributed by atoms with van der Waals surface area (Å²) < 4.78 is 1.33. The third-order valence-corrected chi connectivity index (χ3v) is 4.18. The van der Waals surface area contributed by atoms with Crippen molar-refractivity contribution in [3.8, 4) is 0 Å². The van der Waals surface area contributed by atoms with Gasteiger partial charge in [0.1, 0.15) is 0 Å². The van der Waals surface area contributed by atoms with E-state index in [-0.39, 0.29) is 6.04 Å². The van der Waals surface area contributed by atoms with Crippen LogP contribution in [0.1, 0.15) is 17.8 Å². The van der Waals surface area contributed by atoms with Gasteiger partial charge in [-0.1, -0.05) is 0 Å². The second-order valence-corrected chi connectivity index (χ2v) is 4.92. The molecule has 0 bridgehead atoms. The van der Waals surface area contributed by atoms with Gasteiger partial charge in [0.15, 0.2) is 0 Å². The number of hydrogen-bond acceptors (Lipinski definition) is 4. The molecule has 0 aliphatic carbocycles. The van der Waals surface area contributed by atoms with Crippen LogP contribution in [0.5, 0.6) is 0 Å². The van der Waals surface area contributed by atoms with Crippen LogP contribution in [0.2, 0.25) is 0 Å². The van der Waals surface area contributed by atoms with Crippen LogP contribution in [-0.2, 0) is 0 Å². The third kappa shape index (κ3) is 1.27. The zero-order chi connectivity index (χ0) is 8.55. The van der Waals surface area contributed by atoms with Crippen LogP contribution in [-0.4, -0.2) is 5.21 Å². The van der Waals surface area contributed by atoms with Gasteiger partial charge in [0.2, 0.25) is 0 Å². The topological polar surface area (TPSA) is 32.3 Å². The SMILES string of the molecule is CC(NO)c1cc2ccsc2s1. The van der Waals surface area contributed by atoms with Crippen LogP contribution in [0.3, 0.4) is 0 Å². The van der Waals surface area contributed by atoms with Crippen LogP contribution in [0.25, 0.3) is 9.40 Å². The van der Waals surface area contributed by atoms with Crippen LogP contribution in [0.15, 0.2) is 17.5 Å². The van der Waals surface area contributed by atoms with Crippen molar-refractivity contribution in [3.05, 3.63) is 22.4 Å².